The minimum atomic E-state index is 0.632. The fourth-order valence-corrected chi connectivity index (χ4v) is 3.78. The molecule has 0 aliphatic carbocycles. The molecule has 4 heteroatoms. The summed E-state index contributed by atoms with van der Waals surface area (Å²) in [4.78, 5) is 22.2. The second-order valence-electron chi connectivity index (χ2n) is 7.72. The zero-order valence-corrected chi connectivity index (χ0v) is 18.3. The lowest BCUT2D eigenvalue weighted by Crippen LogP contribution is -1.94. The Morgan fingerprint density at radius 2 is 0.967 bits per heavy atom. The first-order chi connectivity index (χ1) is 14.7. The van der Waals surface area contributed by atoms with Gasteiger partial charge in [-0.3, -0.25) is 9.59 Å². The lowest BCUT2D eigenvalue weighted by atomic mass is 10.0. The molecule has 0 aromatic heterocycles. The first-order valence-corrected chi connectivity index (χ1v) is 11.0. The monoisotopic (exact) mass is 410 g/mol. The summed E-state index contributed by atoms with van der Waals surface area (Å²) in [6, 6.07) is 11.7. The van der Waals surface area contributed by atoms with Crippen LogP contribution in [0.5, 0.6) is 11.5 Å². The number of unbranched alkanes of at least 4 members (excludes halogenated alkanes) is 7. The summed E-state index contributed by atoms with van der Waals surface area (Å²) in [5.41, 5.74) is 3.67. The minimum Gasteiger partial charge on any atom is -0.496 e. The van der Waals surface area contributed by atoms with Crippen molar-refractivity contribution in [2.45, 2.75) is 64.2 Å². The van der Waals surface area contributed by atoms with Crippen molar-refractivity contribution in [1.29, 1.82) is 0 Å². The van der Waals surface area contributed by atoms with E-state index in [1.165, 1.54) is 49.7 Å². The first kappa shape index (κ1) is 23.7. The van der Waals surface area contributed by atoms with Crippen molar-refractivity contribution < 1.29 is 19.1 Å². The van der Waals surface area contributed by atoms with E-state index < -0.39 is 0 Å². The normalized spacial score (nSPS) is 10.6. The number of hydrogen-bond acceptors (Lipinski definition) is 4. The molecule has 162 valence electrons. The van der Waals surface area contributed by atoms with Crippen molar-refractivity contribution in [2.24, 2.45) is 0 Å². The Labute approximate surface area is 180 Å². The van der Waals surface area contributed by atoms with Crippen LogP contribution in [0.2, 0.25) is 0 Å². The number of methoxy groups -OCH3 is 2. The number of carbonyl (C=O) groups is 2. The van der Waals surface area contributed by atoms with Gasteiger partial charge >= 0.3 is 0 Å². The Balaban J connectivity index is 1.52. The maximum absolute atomic E-state index is 11.1. The Morgan fingerprint density at radius 3 is 1.30 bits per heavy atom. The zero-order chi connectivity index (χ0) is 21.6. The van der Waals surface area contributed by atoms with Crippen LogP contribution in [0, 0.1) is 0 Å². The van der Waals surface area contributed by atoms with E-state index >= 15 is 0 Å². The van der Waals surface area contributed by atoms with E-state index in [4.69, 9.17) is 9.47 Å². The van der Waals surface area contributed by atoms with E-state index in [9.17, 15) is 9.59 Å². The number of carbonyl (C=O) groups excluding carboxylic acids is 2. The molecule has 0 heterocycles. The van der Waals surface area contributed by atoms with E-state index in [1.54, 1.807) is 14.2 Å². The maximum Gasteiger partial charge on any atom is 0.153 e. The van der Waals surface area contributed by atoms with E-state index in [2.05, 4.69) is 0 Å². The molecule has 0 saturated heterocycles. The van der Waals surface area contributed by atoms with Gasteiger partial charge in [0.25, 0.3) is 0 Å². The Morgan fingerprint density at radius 1 is 0.600 bits per heavy atom. The molecular weight excluding hydrogens is 376 g/mol. The van der Waals surface area contributed by atoms with Gasteiger partial charge in [-0.1, -0.05) is 50.7 Å². The molecule has 0 N–H and O–H groups in total. The van der Waals surface area contributed by atoms with Crippen LogP contribution in [0.3, 0.4) is 0 Å². The SMILES string of the molecule is COc1ccc(CCCCCCCCCCc2ccc(OC)c(C=O)c2)cc1C=O. The predicted molar refractivity (Wildman–Crippen MR) is 121 cm³/mol. The molecular formula is C26H34O4. The summed E-state index contributed by atoms with van der Waals surface area (Å²) in [5, 5.41) is 0. The second-order valence-corrected chi connectivity index (χ2v) is 7.72. The molecule has 0 spiro atoms. The molecule has 0 unspecified atom stereocenters. The number of benzene rings is 2. The van der Waals surface area contributed by atoms with Gasteiger partial charge in [0.15, 0.2) is 12.6 Å². The van der Waals surface area contributed by atoms with Gasteiger partial charge in [-0.2, -0.15) is 0 Å². The van der Waals surface area contributed by atoms with Gasteiger partial charge in [0.2, 0.25) is 0 Å². The molecule has 2 aromatic rings. The largest absolute Gasteiger partial charge is 0.496 e. The lowest BCUT2D eigenvalue weighted by molar-refractivity contribution is 0.111. The van der Waals surface area contributed by atoms with Crippen LogP contribution in [-0.4, -0.2) is 26.8 Å². The molecule has 0 radical (unpaired) electrons. The number of hydrogen-bond donors (Lipinski definition) is 0. The highest BCUT2D eigenvalue weighted by atomic mass is 16.5. The van der Waals surface area contributed by atoms with Crippen molar-refractivity contribution >= 4 is 12.6 Å². The predicted octanol–water partition coefficient (Wildman–Crippen LogP) is 6.23. The highest BCUT2D eigenvalue weighted by Crippen LogP contribution is 2.21. The molecule has 0 amide bonds. The third-order valence-electron chi connectivity index (χ3n) is 5.52. The molecule has 30 heavy (non-hydrogen) atoms. The van der Waals surface area contributed by atoms with Crippen molar-refractivity contribution in [1.82, 2.24) is 0 Å². The fourth-order valence-electron chi connectivity index (χ4n) is 3.78. The smallest absolute Gasteiger partial charge is 0.153 e. The van der Waals surface area contributed by atoms with Gasteiger partial charge in [-0.15, -0.1) is 0 Å². The van der Waals surface area contributed by atoms with Crippen LogP contribution >= 0.6 is 0 Å². The van der Waals surface area contributed by atoms with Crippen LogP contribution in [0.1, 0.15) is 83.2 Å². The molecule has 0 fully saturated rings. The van der Waals surface area contributed by atoms with Crippen LogP contribution < -0.4 is 9.47 Å². The lowest BCUT2D eigenvalue weighted by Gasteiger charge is -2.07. The highest BCUT2D eigenvalue weighted by molar-refractivity contribution is 5.80. The maximum atomic E-state index is 11.1. The van der Waals surface area contributed by atoms with E-state index in [-0.39, 0.29) is 0 Å². The number of ether oxygens (including phenoxy) is 2. The van der Waals surface area contributed by atoms with Gasteiger partial charge in [-0.05, 0) is 61.1 Å². The number of aldehydes is 2. The van der Waals surface area contributed by atoms with Gasteiger partial charge < -0.3 is 9.47 Å². The van der Waals surface area contributed by atoms with E-state index in [0.717, 1.165) is 38.3 Å². The van der Waals surface area contributed by atoms with Crippen LogP contribution in [0.15, 0.2) is 36.4 Å². The quantitative estimate of drug-likeness (QED) is 0.258. The number of aryl methyl sites for hydroxylation is 2. The first-order valence-electron chi connectivity index (χ1n) is 11.0. The third kappa shape index (κ3) is 7.66. The topological polar surface area (TPSA) is 52.6 Å². The van der Waals surface area contributed by atoms with Gasteiger partial charge in [0.05, 0.1) is 25.3 Å². The summed E-state index contributed by atoms with van der Waals surface area (Å²) >= 11 is 0. The highest BCUT2D eigenvalue weighted by Gasteiger charge is 2.04. The summed E-state index contributed by atoms with van der Waals surface area (Å²) in [6.07, 6.45) is 13.6. The Bertz CT molecular complexity index is 730. The van der Waals surface area contributed by atoms with Crippen molar-refractivity contribution in [3.8, 4) is 11.5 Å². The minimum absolute atomic E-state index is 0.632. The Hall–Kier alpha value is -2.62. The van der Waals surface area contributed by atoms with Crippen LogP contribution in [0.25, 0.3) is 0 Å². The molecule has 2 aromatic carbocycles. The molecule has 0 bridgehead atoms. The summed E-state index contributed by atoms with van der Waals surface area (Å²) in [6.45, 7) is 0. The summed E-state index contributed by atoms with van der Waals surface area (Å²) in [7, 11) is 3.18. The van der Waals surface area contributed by atoms with Crippen LogP contribution in [-0.2, 0) is 12.8 Å². The van der Waals surface area contributed by atoms with E-state index in [0.29, 0.717) is 22.6 Å². The van der Waals surface area contributed by atoms with Crippen LogP contribution in [0.4, 0.5) is 0 Å². The summed E-state index contributed by atoms with van der Waals surface area (Å²) in [5.74, 6) is 1.29. The molecule has 0 aliphatic rings. The molecule has 2 rings (SSSR count). The van der Waals surface area contributed by atoms with Crippen molar-refractivity contribution in [3.05, 3.63) is 58.7 Å². The Kier molecular flexibility index (Phi) is 10.7. The van der Waals surface area contributed by atoms with E-state index in [1.807, 2.05) is 36.4 Å². The molecule has 0 aliphatic heterocycles. The zero-order valence-electron chi connectivity index (χ0n) is 18.3. The molecule has 0 saturated carbocycles. The van der Waals surface area contributed by atoms with Gasteiger partial charge in [0, 0.05) is 0 Å². The summed E-state index contributed by atoms with van der Waals surface area (Å²) < 4.78 is 10.4. The van der Waals surface area contributed by atoms with Crippen molar-refractivity contribution in [2.75, 3.05) is 14.2 Å². The molecule has 4 nitrogen and oxygen atoms in total. The average Bonchev–Trinajstić information content (AvgIpc) is 2.79. The number of rotatable bonds is 15. The fraction of sp³-hybridized carbons (Fsp3) is 0.462. The average molecular weight is 411 g/mol. The van der Waals surface area contributed by atoms with Gasteiger partial charge in [0.1, 0.15) is 11.5 Å². The third-order valence-corrected chi connectivity index (χ3v) is 5.52. The second kappa shape index (κ2) is 13.6. The van der Waals surface area contributed by atoms with Crippen molar-refractivity contribution in [3.63, 3.8) is 0 Å². The standard InChI is InChI=1S/C26H34O4/c1-29-25-15-13-21(17-23(25)19-27)11-9-7-5-3-4-6-8-10-12-22-14-16-26(30-2)24(18-22)20-28/h13-20H,3-12H2,1-2H3. The van der Waals surface area contributed by atoms with Gasteiger partial charge in [-0.25, -0.2) is 0 Å². The molecule has 0 atom stereocenters.